The SMILES string of the molecule is CCOc1ccc(-c2nc(C(=O)N3CCC(O)(C(=O)O)CC3)cs2)cc1. The normalized spacial score (nSPS) is 16.3. The number of ether oxygens (including phenoxy) is 1. The van der Waals surface area contributed by atoms with Gasteiger partial charge in [0.25, 0.3) is 5.91 Å². The number of carbonyl (C=O) groups excluding carboxylic acids is 1. The van der Waals surface area contributed by atoms with Crippen LogP contribution in [0.4, 0.5) is 0 Å². The fraction of sp³-hybridized carbons (Fsp3) is 0.389. The molecule has 0 saturated carbocycles. The third-order valence-corrected chi connectivity index (χ3v) is 5.30. The molecule has 3 rings (SSSR count). The van der Waals surface area contributed by atoms with Gasteiger partial charge in [-0.05, 0) is 31.2 Å². The first-order valence-electron chi connectivity index (χ1n) is 8.37. The highest BCUT2D eigenvalue weighted by Gasteiger charge is 2.40. The topological polar surface area (TPSA) is 100.0 Å². The van der Waals surface area contributed by atoms with E-state index in [-0.39, 0.29) is 31.8 Å². The Kier molecular flexibility index (Phi) is 5.24. The molecule has 0 bridgehead atoms. The predicted molar refractivity (Wildman–Crippen MR) is 96.4 cm³/mol. The zero-order chi connectivity index (χ0) is 18.7. The van der Waals surface area contributed by atoms with Gasteiger partial charge >= 0.3 is 5.97 Å². The minimum atomic E-state index is -1.74. The second kappa shape index (κ2) is 7.43. The number of carbonyl (C=O) groups is 2. The van der Waals surface area contributed by atoms with E-state index in [1.165, 1.54) is 16.2 Å². The average molecular weight is 376 g/mol. The van der Waals surface area contributed by atoms with Crippen molar-refractivity contribution in [3.8, 4) is 16.3 Å². The number of nitrogens with zero attached hydrogens (tertiary/aromatic N) is 2. The largest absolute Gasteiger partial charge is 0.494 e. The molecule has 1 aromatic heterocycles. The van der Waals surface area contributed by atoms with Crippen LogP contribution in [-0.4, -0.2) is 57.3 Å². The van der Waals surface area contributed by atoms with Gasteiger partial charge in [-0.25, -0.2) is 9.78 Å². The fourth-order valence-electron chi connectivity index (χ4n) is 2.82. The molecule has 138 valence electrons. The van der Waals surface area contributed by atoms with Crippen LogP contribution in [0, 0.1) is 0 Å². The Hall–Kier alpha value is -2.45. The van der Waals surface area contributed by atoms with E-state index in [1.807, 2.05) is 31.2 Å². The number of thiazole rings is 1. The number of benzene rings is 1. The van der Waals surface area contributed by atoms with Crippen LogP contribution in [0.5, 0.6) is 5.75 Å². The first kappa shape index (κ1) is 18.3. The molecule has 1 aliphatic rings. The van der Waals surface area contributed by atoms with Crippen LogP contribution in [0.2, 0.25) is 0 Å². The third-order valence-electron chi connectivity index (χ3n) is 4.41. The van der Waals surface area contributed by atoms with Gasteiger partial charge in [-0.1, -0.05) is 0 Å². The Morgan fingerprint density at radius 2 is 1.92 bits per heavy atom. The number of aliphatic hydroxyl groups is 1. The molecule has 1 aromatic carbocycles. The molecule has 0 spiro atoms. The fourth-order valence-corrected chi connectivity index (χ4v) is 3.62. The van der Waals surface area contributed by atoms with Crippen LogP contribution in [0.3, 0.4) is 0 Å². The highest BCUT2D eigenvalue weighted by Crippen LogP contribution is 2.28. The third kappa shape index (κ3) is 3.71. The van der Waals surface area contributed by atoms with Gasteiger partial charge in [0.05, 0.1) is 6.61 Å². The molecule has 0 unspecified atom stereocenters. The van der Waals surface area contributed by atoms with Gasteiger partial charge in [0.2, 0.25) is 0 Å². The summed E-state index contributed by atoms with van der Waals surface area (Å²) in [6.07, 6.45) is 0.0356. The van der Waals surface area contributed by atoms with Crippen LogP contribution in [0.15, 0.2) is 29.6 Å². The highest BCUT2D eigenvalue weighted by molar-refractivity contribution is 7.13. The standard InChI is InChI=1S/C18H20N2O5S/c1-2-25-13-5-3-12(4-6-13)15-19-14(11-26-15)16(21)20-9-7-18(24,8-10-20)17(22)23/h3-6,11,24H,2,7-10H2,1H3,(H,22,23). The maximum Gasteiger partial charge on any atom is 0.335 e. The zero-order valence-electron chi connectivity index (χ0n) is 14.3. The summed E-state index contributed by atoms with van der Waals surface area (Å²) in [4.78, 5) is 29.6. The second-order valence-corrected chi connectivity index (χ2v) is 6.98. The smallest absolute Gasteiger partial charge is 0.335 e. The lowest BCUT2D eigenvalue weighted by molar-refractivity contribution is -0.162. The average Bonchev–Trinajstić information content (AvgIpc) is 3.13. The summed E-state index contributed by atoms with van der Waals surface area (Å²) in [6, 6.07) is 7.51. The number of carboxylic acids is 1. The summed E-state index contributed by atoms with van der Waals surface area (Å²) in [5.74, 6) is -0.703. The zero-order valence-corrected chi connectivity index (χ0v) is 15.2. The highest BCUT2D eigenvalue weighted by atomic mass is 32.1. The number of hydrogen-bond acceptors (Lipinski definition) is 6. The van der Waals surface area contributed by atoms with Crippen molar-refractivity contribution in [3.05, 3.63) is 35.3 Å². The quantitative estimate of drug-likeness (QED) is 0.830. The van der Waals surface area contributed by atoms with Gasteiger partial charge in [-0.3, -0.25) is 4.79 Å². The van der Waals surface area contributed by atoms with E-state index in [0.29, 0.717) is 12.3 Å². The lowest BCUT2D eigenvalue weighted by atomic mass is 9.91. The molecule has 2 N–H and O–H groups in total. The number of rotatable bonds is 5. The van der Waals surface area contributed by atoms with Gasteiger partial charge in [-0.15, -0.1) is 11.3 Å². The summed E-state index contributed by atoms with van der Waals surface area (Å²) in [5.41, 5.74) is -0.511. The maximum absolute atomic E-state index is 12.6. The second-order valence-electron chi connectivity index (χ2n) is 6.12. The lowest BCUT2D eigenvalue weighted by Gasteiger charge is -2.34. The van der Waals surface area contributed by atoms with Crippen molar-refractivity contribution < 1.29 is 24.5 Å². The summed E-state index contributed by atoms with van der Waals surface area (Å²) in [7, 11) is 0. The first-order chi connectivity index (χ1) is 12.4. The van der Waals surface area contributed by atoms with Gasteiger partial charge in [0.1, 0.15) is 16.5 Å². The number of aromatic nitrogens is 1. The van der Waals surface area contributed by atoms with Crippen molar-refractivity contribution >= 4 is 23.2 Å². The maximum atomic E-state index is 12.6. The summed E-state index contributed by atoms with van der Waals surface area (Å²) >= 11 is 1.38. The van der Waals surface area contributed by atoms with Crippen molar-refractivity contribution in [2.75, 3.05) is 19.7 Å². The summed E-state index contributed by atoms with van der Waals surface area (Å²) in [6.45, 7) is 2.90. The van der Waals surface area contributed by atoms with Crippen molar-refractivity contribution in [3.63, 3.8) is 0 Å². The molecule has 7 nitrogen and oxygen atoms in total. The minimum Gasteiger partial charge on any atom is -0.494 e. The van der Waals surface area contributed by atoms with Gasteiger partial charge in [-0.2, -0.15) is 0 Å². The monoisotopic (exact) mass is 376 g/mol. The molecule has 1 fully saturated rings. The van der Waals surface area contributed by atoms with Crippen LogP contribution in [0.25, 0.3) is 10.6 Å². The molecule has 1 saturated heterocycles. The number of carboxylic acid groups (broad SMARTS) is 1. The first-order valence-corrected chi connectivity index (χ1v) is 9.25. The summed E-state index contributed by atoms with van der Waals surface area (Å²) in [5, 5.41) is 21.5. The van der Waals surface area contributed by atoms with Gasteiger partial charge in [0, 0.05) is 36.9 Å². The molecule has 0 aliphatic carbocycles. The molecule has 0 radical (unpaired) electrons. The lowest BCUT2D eigenvalue weighted by Crippen LogP contribution is -2.50. The van der Waals surface area contributed by atoms with Gasteiger partial charge < -0.3 is 19.8 Å². The van der Waals surface area contributed by atoms with Crippen LogP contribution in [-0.2, 0) is 4.79 Å². The molecule has 1 amide bonds. The number of aliphatic carboxylic acids is 1. The van der Waals surface area contributed by atoms with E-state index in [9.17, 15) is 14.7 Å². The molecule has 8 heteroatoms. The molecule has 1 aliphatic heterocycles. The number of piperidine rings is 1. The summed E-state index contributed by atoms with van der Waals surface area (Å²) < 4.78 is 5.41. The van der Waals surface area contributed by atoms with Crippen LogP contribution in [0.1, 0.15) is 30.3 Å². The van der Waals surface area contributed by atoms with E-state index in [4.69, 9.17) is 9.84 Å². The predicted octanol–water partition coefficient (Wildman–Crippen LogP) is 2.26. The molecule has 0 atom stereocenters. The van der Waals surface area contributed by atoms with E-state index in [0.717, 1.165) is 16.3 Å². The number of hydrogen-bond donors (Lipinski definition) is 2. The molecule has 2 heterocycles. The van der Waals surface area contributed by atoms with Crippen molar-refractivity contribution in [2.24, 2.45) is 0 Å². The van der Waals surface area contributed by atoms with E-state index < -0.39 is 11.6 Å². The Balaban J connectivity index is 1.68. The molecule has 26 heavy (non-hydrogen) atoms. The van der Waals surface area contributed by atoms with Crippen LogP contribution >= 0.6 is 11.3 Å². The van der Waals surface area contributed by atoms with Crippen molar-refractivity contribution in [1.29, 1.82) is 0 Å². The molecule has 2 aromatic rings. The number of likely N-dealkylation sites (tertiary alicyclic amines) is 1. The Morgan fingerprint density at radius 1 is 1.27 bits per heavy atom. The van der Waals surface area contributed by atoms with Crippen molar-refractivity contribution in [2.45, 2.75) is 25.4 Å². The van der Waals surface area contributed by atoms with Gasteiger partial charge in [0.15, 0.2) is 5.60 Å². The Morgan fingerprint density at radius 3 is 2.50 bits per heavy atom. The molecular formula is C18H20N2O5S. The Labute approximate surface area is 154 Å². The van der Waals surface area contributed by atoms with Crippen LogP contribution < -0.4 is 4.74 Å². The minimum absolute atomic E-state index is 0.0178. The van der Waals surface area contributed by atoms with E-state index in [2.05, 4.69) is 4.98 Å². The molecular weight excluding hydrogens is 356 g/mol. The number of amides is 1. The van der Waals surface area contributed by atoms with Crippen molar-refractivity contribution in [1.82, 2.24) is 9.88 Å². The van der Waals surface area contributed by atoms with E-state index in [1.54, 1.807) is 5.38 Å². The Bertz CT molecular complexity index is 794. The van der Waals surface area contributed by atoms with E-state index >= 15 is 0 Å².